The van der Waals surface area contributed by atoms with E-state index in [9.17, 15) is 4.79 Å². The molecule has 0 N–H and O–H groups in total. The van der Waals surface area contributed by atoms with Gasteiger partial charge in [-0.1, -0.05) is 54.6 Å². The minimum Gasteiger partial charge on any atom is -0.780 e. The minimum absolute atomic E-state index is 0. The van der Waals surface area contributed by atoms with Crippen molar-refractivity contribution >= 4 is 18.4 Å². The van der Waals surface area contributed by atoms with Gasteiger partial charge in [0.15, 0.2) is 5.78 Å². The molecule has 0 saturated carbocycles. The van der Waals surface area contributed by atoms with Gasteiger partial charge in [0.05, 0.1) is 0 Å². The molecule has 2 aromatic rings. The summed E-state index contributed by atoms with van der Waals surface area (Å²) in [4.78, 5) is 12.7. The van der Waals surface area contributed by atoms with Crippen LogP contribution in [0, 0.1) is 0 Å². The van der Waals surface area contributed by atoms with Crippen molar-refractivity contribution in [1.82, 2.24) is 0 Å². The molecule has 0 aromatic heterocycles. The second-order valence-corrected chi connectivity index (χ2v) is 3.69. The first-order valence-corrected chi connectivity index (χ1v) is 5.05. The van der Waals surface area contributed by atoms with Crippen molar-refractivity contribution in [3.63, 3.8) is 0 Å². The van der Waals surface area contributed by atoms with Crippen LogP contribution in [0.2, 0.25) is 0 Å². The average molecular weight is 252 g/mol. The standard InChI is InChI=1S/C13H10OS.K/c14-13(10-4-2-1-3-5-10)11-6-8-12(15)9-7-11;/h1-9,15H;/q;+1/p-1. The van der Waals surface area contributed by atoms with Crippen molar-refractivity contribution < 1.29 is 56.2 Å². The summed E-state index contributed by atoms with van der Waals surface area (Å²) in [5.41, 5.74) is 1.38. The van der Waals surface area contributed by atoms with Gasteiger partial charge in [-0.3, -0.25) is 4.79 Å². The molecule has 0 aliphatic carbocycles. The molecule has 74 valence electrons. The Morgan fingerprint density at radius 3 is 1.88 bits per heavy atom. The van der Waals surface area contributed by atoms with Crippen molar-refractivity contribution in [1.29, 1.82) is 0 Å². The van der Waals surface area contributed by atoms with E-state index in [0.717, 1.165) is 4.90 Å². The van der Waals surface area contributed by atoms with Gasteiger partial charge in [-0.05, 0) is 0 Å². The van der Waals surface area contributed by atoms with E-state index in [1.54, 1.807) is 24.3 Å². The molecule has 0 bridgehead atoms. The topological polar surface area (TPSA) is 17.1 Å². The molecule has 0 radical (unpaired) electrons. The molecule has 16 heavy (non-hydrogen) atoms. The Hall–Kier alpha value is -0.0336. The number of carbonyl (C=O) groups is 1. The summed E-state index contributed by atoms with van der Waals surface area (Å²) in [6.45, 7) is 0. The second-order valence-electron chi connectivity index (χ2n) is 3.22. The zero-order valence-electron chi connectivity index (χ0n) is 9.01. The first-order valence-electron chi connectivity index (χ1n) is 4.64. The van der Waals surface area contributed by atoms with Crippen LogP contribution in [0.3, 0.4) is 0 Å². The van der Waals surface area contributed by atoms with Gasteiger partial charge in [0.2, 0.25) is 0 Å². The third kappa shape index (κ3) is 3.48. The van der Waals surface area contributed by atoms with E-state index < -0.39 is 0 Å². The number of ketones is 1. The molecular formula is C13H9KOS. The van der Waals surface area contributed by atoms with Crippen LogP contribution in [0.25, 0.3) is 0 Å². The predicted molar refractivity (Wildman–Crippen MR) is 61.9 cm³/mol. The molecule has 0 unspecified atom stereocenters. The van der Waals surface area contributed by atoms with Crippen LogP contribution >= 0.6 is 0 Å². The summed E-state index contributed by atoms with van der Waals surface area (Å²) in [6.07, 6.45) is 0. The zero-order valence-corrected chi connectivity index (χ0v) is 13.0. The Bertz CT molecular complexity index is 465. The summed E-state index contributed by atoms with van der Waals surface area (Å²) in [5, 5.41) is 0. The van der Waals surface area contributed by atoms with Gasteiger partial charge >= 0.3 is 51.4 Å². The van der Waals surface area contributed by atoms with Crippen LogP contribution < -0.4 is 51.4 Å². The average Bonchev–Trinajstić information content (AvgIpc) is 2.30. The van der Waals surface area contributed by atoms with Crippen LogP contribution in [0.5, 0.6) is 0 Å². The van der Waals surface area contributed by atoms with Gasteiger partial charge < -0.3 is 12.6 Å². The van der Waals surface area contributed by atoms with E-state index in [1.165, 1.54) is 0 Å². The summed E-state index contributed by atoms with van der Waals surface area (Å²) < 4.78 is 0. The Labute approximate surface area is 143 Å². The molecule has 0 saturated heterocycles. The molecule has 0 heterocycles. The van der Waals surface area contributed by atoms with Crippen molar-refractivity contribution in [2.45, 2.75) is 4.90 Å². The van der Waals surface area contributed by atoms with E-state index in [1.807, 2.05) is 30.3 Å². The number of benzene rings is 2. The second kappa shape index (κ2) is 6.64. The van der Waals surface area contributed by atoms with Gasteiger partial charge in [0.25, 0.3) is 0 Å². The summed E-state index contributed by atoms with van der Waals surface area (Å²) >= 11 is 4.96. The molecule has 0 aliphatic rings. The quantitative estimate of drug-likeness (QED) is 0.419. The summed E-state index contributed by atoms with van der Waals surface area (Å²) in [5.74, 6) is 0.0330. The molecule has 0 amide bonds. The summed E-state index contributed by atoms with van der Waals surface area (Å²) in [6, 6.07) is 16.3. The maximum absolute atomic E-state index is 11.9. The van der Waals surface area contributed by atoms with E-state index in [4.69, 9.17) is 12.6 Å². The molecule has 1 nitrogen and oxygen atoms in total. The Kier molecular flexibility index (Phi) is 5.82. The molecule has 0 aliphatic heterocycles. The van der Waals surface area contributed by atoms with Gasteiger partial charge in [-0.25, -0.2) is 0 Å². The fourth-order valence-corrected chi connectivity index (χ4v) is 1.50. The predicted octanol–water partition coefficient (Wildman–Crippen LogP) is -0.173. The largest absolute Gasteiger partial charge is 1.00 e. The molecular weight excluding hydrogens is 243 g/mol. The summed E-state index contributed by atoms with van der Waals surface area (Å²) in [7, 11) is 0. The van der Waals surface area contributed by atoms with Crippen molar-refractivity contribution in [3.8, 4) is 0 Å². The number of carbonyl (C=O) groups excluding carboxylic acids is 1. The van der Waals surface area contributed by atoms with Crippen molar-refractivity contribution in [2.24, 2.45) is 0 Å². The molecule has 0 fully saturated rings. The first-order chi connectivity index (χ1) is 7.27. The maximum Gasteiger partial charge on any atom is 1.00 e. The number of rotatable bonds is 2. The van der Waals surface area contributed by atoms with Crippen LogP contribution in [0.1, 0.15) is 15.9 Å². The van der Waals surface area contributed by atoms with Crippen LogP contribution in [-0.4, -0.2) is 5.78 Å². The molecule has 0 spiro atoms. The zero-order chi connectivity index (χ0) is 10.7. The third-order valence-electron chi connectivity index (χ3n) is 2.15. The van der Waals surface area contributed by atoms with Gasteiger partial charge in [-0.15, -0.1) is 0 Å². The number of hydrogen-bond donors (Lipinski definition) is 0. The Morgan fingerprint density at radius 1 is 0.812 bits per heavy atom. The minimum atomic E-state index is 0. The Morgan fingerprint density at radius 2 is 1.31 bits per heavy atom. The van der Waals surface area contributed by atoms with Crippen LogP contribution in [-0.2, 0) is 12.6 Å². The van der Waals surface area contributed by atoms with E-state index in [2.05, 4.69) is 0 Å². The van der Waals surface area contributed by atoms with Gasteiger partial charge in [-0.2, -0.15) is 4.90 Å². The third-order valence-corrected chi connectivity index (χ3v) is 2.42. The maximum atomic E-state index is 11.9. The fourth-order valence-electron chi connectivity index (χ4n) is 1.36. The van der Waals surface area contributed by atoms with E-state index in [-0.39, 0.29) is 57.2 Å². The normalized spacial score (nSPS) is 9.25. The monoisotopic (exact) mass is 252 g/mol. The van der Waals surface area contributed by atoms with Crippen molar-refractivity contribution in [3.05, 3.63) is 65.7 Å². The molecule has 2 aromatic carbocycles. The Balaban J connectivity index is 0.00000128. The SMILES string of the molecule is O=C(c1ccccc1)c1ccc([S-])cc1.[K+]. The van der Waals surface area contributed by atoms with Gasteiger partial charge in [0, 0.05) is 11.1 Å². The van der Waals surface area contributed by atoms with E-state index >= 15 is 0 Å². The number of hydrogen-bond acceptors (Lipinski definition) is 2. The van der Waals surface area contributed by atoms with Crippen LogP contribution in [0.15, 0.2) is 59.5 Å². The van der Waals surface area contributed by atoms with Crippen molar-refractivity contribution in [2.75, 3.05) is 0 Å². The fraction of sp³-hybridized carbons (Fsp3) is 0. The molecule has 0 atom stereocenters. The van der Waals surface area contributed by atoms with Gasteiger partial charge in [0.1, 0.15) is 0 Å². The molecule has 3 heteroatoms. The first kappa shape index (κ1) is 14.0. The molecule has 2 rings (SSSR count). The van der Waals surface area contributed by atoms with Crippen LogP contribution in [0.4, 0.5) is 0 Å². The smallest absolute Gasteiger partial charge is 0.780 e. The van der Waals surface area contributed by atoms with E-state index in [0.29, 0.717) is 11.1 Å².